The molecule has 0 heterocycles. The number of aryl methyl sites for hydroxylation is 1. The second-order valence-electron chi connectivity index (χ2n) is 3.32. The van der Waals surface area contributed by atoms with Crippen LogP contribution in [0, 0.1) is 6.92 Å². The van der Waals surface area contributed by atoms with E-state index in [2.05, 4.69) is 25.6 Å². The van der Waals surface area contributed by atoms with Crippen LogP contribution in [-0.2, 0) is 0 Å². The molecular formula is C13H17NOS. The third-order valence-corrected chi connectivity index (χ3v) is 2.77. The van der Waals surface area contributed by atoms with Crippen LogP contribution in [0.15, 0.2) is 40.4 Å². The Labute approximate surface area is 101 Å². The van der Waals surface area contributed by atoms with Crippen molar-refractivity contribution in [3.8, 4) is 5.75 Å². The van der Waals surface area contributed by atoms with Crippen molar-refractivity contribution in [1.82, 2.24) is 0 Å². The molecule has 1 aromatic rings. The number of benzene rings is 1. The predicted molar refractivity (Wildman–Crippen MR) is 72.4 cm³/mol. The second kappa shape index (κ2) is 7.12. The molecule has 0 aliphatic heterocycles. The summed E-state index contributed by atoms with van der Waals surface area (Å²) in [6.45, 7) is 8.15. The molecule has 1 aromatic carbocycles. The van der Waals surface area contributed by atoms with Gasteiger partial charge in [-0.05, 0) is 36.9 Å². The predicted octanol–water partition coefficient (Wildman–Crippen LogP) is 3.67. The van der Waals surface area contributed by atoms with Gasteiger partial charge in [0.05, 0.1) is 5.70 Å². The Morgan fingerprint density at radius 1 is 1.44 bits per heavy atom. The fourth-order valence-corrected chi connectivity index (χ4v) is 1.59. The molecule has 0 amide bonds. The van der Waals surface area contributed by atoms with Gasteiger partial charge in [-0.25, -0.2) is 0 Å². The lowest BCUT2D eigenvalue weighted by Crippen LogP contribution is -1.99. The molecule has 0 spiro atoms. The van der Waals surface area contributed by atoms with Crippen LogP contribution in [-0.4, -0.2) is 19.1 Å². The molecule has 0 saturated carbocycles. The number of nitrogens with zero attached hydrogens (tertiary/aromatic N) is 1. The molecule has 0 bridgehead atoms. The van der Waals surface area contributed by atoms with Gasteiger partial charge in [0, 0.05) is 0 Å². The van der Waals surface area contributed by atoms with Crippen molar-refractivity contribution in [2.24, 2.45) is 4.99 Å². The third-order valence-electron chi connectivity index (χ3n) is 2.00. The van der Waals surface area contributed by atoms with Crippen molar-refractivity contribution < 1.29 is 4.74 Å². The molecule has 0 radical (unpaired) electrons. The average molecular weight is 235 g/mol. The zero-order chi connectivity index (χ0) is 11.8. The lowest BCUT2D eigenvalue weighted by Gasteiger charge is -2.06. The molecule has 1 rings (SSSR count). The summed E-state index contributed by atoms with van der Waals surface area (Å²) < 4.78 is 5.60. The van der Waals surface area contributed by atoms with Gasteiger partial charge in [0.25, 0.3) is 0 Å². The Hall–Kier alpha value is -1.22. The molecule has 0 atom stereocenters. The van der Waals surface area contributed by atoms with Crippen LogP contribution in [0.1, 0.15) is 12.5 Å². The first kappa shape index (κ1) is 12.8. The minimum atomic E-state index is 0.472. The number of ether oxygens (including phenoxy) is 1. The van der Waals surface area contributed by atoms with Crippen LogP contribution in [0.4, 0.5) is 0 Å². The largest absolute Gasteiger partial charge is 0.487 e. The first-order valence-corrected chi connectivity index (χ1v) is 6.28. The standard InChI is InChI=1S/C13H17NOS/c1-4-16-10-12(14-3)9-15-13-7-5-11(2)6-8-13/h5-8,10H,3-4,9H2,1-2H3/b12-10-. The molecule has 0 unspecified atom stereocenters. The summed E-state index contributed by atoms with van der Waals surface area (Å²) in [6, 6.07) is 7.98. The molecule has 0 aromatic heterocycles. The highest BCUT2D eigenvalue weighted by molar-refractivity contribution is 8.02. The van der Waals surface area contributed by atoms with E-state index in [1.54, 1.807) is 11.8 Å². The molecule has 16 heavy (non-hydrogen) atoms. The maximum Gasteiger partial charge on any atom is 0.131 e. The van der Waals surface area contributed by atoms with Gasteiger partial charge >= 0.3 is 0 Å². The lowest BCUT2D eigenvalue weighted by molar-refractivity contribution is 0.351. The van der Waals surface area contributed by atoms with E-state index in [1.165, 1.54) is 5.56 Å². The van der Waals surface area contributed by atoms with Gasteiger partial charge in [0.15, 0.2) is 0 Å². The summed E-state index contributed by atoms with van der Waals surface area (Å²) in [4.78, 5) is 3.92. The van der Waals surface area contributed by atoms with E-state index in [1.807, 2.05) is 29.7 Å². The van der Waals surface area contributed by atoms with Crippen LogP contribution in [0.25, 0.3) is 0 Å². The highest BCUT2D eigenvalue weighted by Crippen LogP contribution is 2.14. The Kier molecular flexibility index (Phi) is 5.72. The first-order valence-electron chi connectivity index (χ1n) is 5.23. The van der Waals surface area contributed by atoms with E-state index >= 15 is 0 Å². The van der Waals surface area contributed by atoms with E-state index in [-0.39, 0.29) is 0 Å². The van der Waals surface area contributed by atoms with Crippen molar-refractivity contribution >= 4 is 18.5 Å². The molecule has 2 nitrogen and oxygen atoms in total. The highest BCUT2D eigenvalue weighted by atomic mass is 32.2. The van der Waals surface area contributed by atoms with Gasteiger partial charge in [-0.15, -0.1) is 11.8 Å². The summed E-state index contributed by atoms with van der Waals surface area (Å²) in [7, 11) is 0. The van der Waals surface area contributed by atoms with Crippen molar-refractivity contribution in [2.75, 3.05) is 12.4 Å². The highest BCUT2D eigenvalue weighted by Gasteiger charge is 1.96. The van der Waals surface area contributed by atoms with E-state index < -0.39 is 0 Å². The van der Waals surface area contributed by atoms with Crippen molar-refractivity contribution in [1.29, 1.82) is 0 Å². The number of rotatable bonds is 6. The van der Waals surface area contributed by atoms with Crippen LogP contribution in [0.5, 0.6) is 5.75 Å². The maximum atomic E-state index is 5.60. The van der Waals surface area contributed by atoms with Crippen LogP contribution in [0.2, 0.25) is 0 Å². The van der Waals surface area contributed by atoms with E-state index in [0.717, 1.165) is 17.2 Å². The normalized spacial score (nSPS) is 11.2. The average Bonchev–Trinajstić information content (AvgIpc) is 2.32. The summed E-state index contributed by atoms with van der Waals surface area (Å²) in [6.07, 6.45) is 0. The molecule has 86 valence electrons. The maximum absolute atomic E-state index is 5.60. The monoisotopic (exact) mass is 235 g/mol. The topological polar surface area (TPSA) is 21.6 Å². The number of thioether (sulfide) groups is 1. The zero-order valence-electron chi connectivity index (χ0n) is 9.77. The molecule has 0 fully saturated rings. The number of hydrogen-bond acceptors (Lipinski definition) is 3. The lowest BCUT2D eigenvalue weighted by atomic mass is 10.2. The van der Waals surface area contributed by atoms with Crippen molar-refractivity contribution in [3.05, 3.63) is 40.9 Å². The molecule has 0 aliphatic carbocycles. The van der Waals surface area contributed by atoms with Gasteiger partial charge < -0.3 is 4.74 Å². The third kappa shape index (κ3) is 4.53. The summed E-state index contributed by atoms with van der Waals surface area (Å²) in [5.41, 5.74) is 2.10. The summed E-state index contributed by atoms with van der Waals surface area (Å²) >= 11 is 1.70. The molecule has 0 aliphatic rings. The van der Waals surface area contributed by atoms with E-state index in [9.17, 15) is 0 Å². The smallest absolute Gasteiger partial charge is 0.131 e. The molecule has 0 N–H and O–H groups in total. The van der Waals surface area contributed by atoms with Gasteiger partial charge in [-0.2, -0.15) is 0 Å². The Balaban J connectivity index is 2.49. The minimum Gasteiger partial charge on any atom is -0.487 e. The van der Waals surface area contributed by atoms with E-state index in [4.69, 9.17) is 4.74 Å². The van der Waals surface area contributed by atoms with Crippen LogP contribution in [0.3, 0.4) is 0 Å². The van der Waals surface area contributed by atoms with Gasteiger partial charge in [0.2, 0.25) is 0 Å². The fraction of sp³-hybridized carbons (Fsp3) is 0.308. The summed E-state index contributed by atoms with van der Waals surface area (Å²) in [5, 5.41) is 1.99. The summed E-state index contributed by atoms with van der Waals surface area (Å²) in [5.74, 6) is 1.89. The van der Waals surface area contributed by atoms with Gasteiger partial charge in [-0.1, -0.05) is 24.6 Å². The molecule has 3 heteroatoms. The molecule has 0 saturated heterocycles. The fourth-order valence-electron chi connectivity index (χ4n) is 1.09. The molecular weight excluding hydrogens is 218 g/mol. The van der Waals surface area contributed by atoms with Crippen LogP contribution >= 0.6 is 11.8 Å². The first-order chi connectivity index (χ1) is 7.76. The van der Waals surface area contributed by atoms with Crippen molar-refractivity contribution in [2.45, 2.75) is 13.8 Å². The number of hydrogen-bond donors (Lipinski definition) is 0. The van der Waals surface area contributed by atoms with E-state index in [0.29, 0.717) is 6.61 Å². The van der Waals surface area contributed by atoms with Crippen molar-refractivity contribution in [3.63, 3.8) is 0 Å². The zero-order valence-corrected chi connectivity index (χ0v) is 10.6. The quantitative estimate of drug-likeness (QED) is 0.702. The number of aliphatic imine (C=N–C) groups is 1. The Morgan fingerprint density at radius 2 is 2.12 bits per heavy atom. The SMILES string of the molecule is C=N/C(=C\SCC)COc1ccc(C)cc1. The minimum absolute atomic E-state index is 0.472. The Morgan fingerprint density at radius 3 is 2.69 bits per heavy atom. The van der Waals surface area contributed by atoms with Gasteiger partial charge in [0.1, 0.15) is 12.4 Å². The van der Waals surface area contributed by atoms with Gasteiger partial charge in [-0.3, -0.25) is 4.99 Å². The van der Waals surface area contributed by atoms with Crippen LogP contribution < -0.4 is 4.74 Å². The second-order valence-corrected chi connectivity index (χ2v) is 4.47. The Bertz CT molecular complexity index is 357.